The first-order valence-electron chi connectivity index (χ1n) is 6.40. The van der Waals surface area contributed by atoms with Crippen molar-refractivity contribution in [2.75, 3.05) is 6.61 Å². The van der Waals surface area contributed by atoms with Crippen LogP contribution in [0.2, 0.25) is 5.02 Å². The largest absolute Gasteiger partial charge is 0.375 e. The predicted molar refractivity (Wildman–Crippen MR) is 78.8 cm³/mol. The summed E-state index contributed by atoms with van der Waals surface area (Å²) >= 11 is 9.53. The number of hydrogen-bond acceptors (Lipinski definition) is 2. The van der Waals surface area contributed by atoms with Gasteiger partial charge in [0.15, 0.2) is 0 Å². The van der Waals surface area contributed by atoms with Crippen molar-refractivity contribution in [3.63, 3.8) is 0 Å². The summed E-state index contributed by atoms with van der Waals surface area (Å²) in [5, 5.41) is 0.735. The van der Waals surface area contributed by atoms with Gasteiger partial charge in [0.2, 0.25) is 0 Å². The summed E-state index contributed by atoms with van der Waals surface area (Å²) in [5.41, 5.74) is 7.21. The van der Waals surface area contributed by atoms with Gasteiger partial charge in [-0.2, -0.15) is 0 Å². The quantitative estimate of drug-likeness (QED) is 0.893. The van der Waals surface area contributed by atoms with E-state index in [9.17, 15) is 0 Å². The molecule has 1 aromatic rings. The van der Waals surface area contributed by atoms with E-state index in [4.69, 9.17) is 22.1 Å². The summed E-state index contributed by atoms with van der Waals surface area (Å²) in [7, 11) is 0. The highest BCUT2D eigenvalue weighted by atomic mass is 79.9. The summed E-state index contributed by atoms with van der Waals surface area (Å²) in [5.74, 6) is 0. The predicted octanol–water partition coefficient (Wildman–Crippen LogP) is 4.28. The molecule has 4 heteroatoms. The van der Waals surface area contributed by atoms with Crippen molar-refractivity contribution in [2.45, 2.75) is 44.2 Å². The van der Waals surface area contributed by atoms with Gasteiger partial charge in [0.25, 0.3) is 0 Å². The Morgan fingerprint density at radius 2 is 2.00 bits per heavy atom. The molecule has 0 bridgehead atoms. The van der Waals surface area contributed by atoms with E-state index < -0.39 is 0 Å². The van der Waals surface area contributed by atoms with Gasteiger partial charge in [-0.1, -0.05) is 52.9 Å². The van der Waals surface area contributed by atoms with E-state index in [2.05, 4.69) is 15.9 Å². The zero-order valence-corrected chi connectivity index (χ0v) is 12.8. The van der Waals surface area contributed by atoms with Crippen molar-refractivity contribution in [1.82, 2.24) is 0 Å². The van der Waals surface area contributed by atoms with E-state index in [-0.39, 0.29) is 5.54 Å². The Hall–Kier alpha value is -0.0900. The highest BCUT2D eigenvalue weighted by molar-refractivity contribution is 9.10. The number of halogens is 2. The molecule has 1 aliphatic carbocycles. The van der Waals surface area contributed by atoms with Crippen LogP contribution < -0.4 is 5.73 Å². The molecule has 1 saturated carbocycles. The van der Waals surface area contributed by atoms with Crippen LogP contribution in [0.3, 0.4) is 0 Å². The minimum atomic E-state index is -0.125. The lowest BCUT2D eigenvalue weighted by Gasteiger charge is -2.33. The third-order valence-electron chi connectivity index (χ3n) is 3.51. The van der Waals surface area contributed by atoms with Crippen LogP contribution in [0.4, 0.5) is 0 Å². The molecule has 2 rings (SSSR count). The Bertz CT molecular complexity index is 405. The Labute approximate surface area is 122 Å². The van der Waals surface area contributed by atoms with E-state index in [1.807, 2.05) is 18.2 Å². The Balaban J connectivity index is 1.84. The van der Waals surface area contributed by atoms with E-state index in [0.29, 0.717) is 13.2 Å². The molecule has 0 aliphatic heterocycles. The Morgan fingerprint density at radius 1 is 1.28 bits per heavy atom. The van der Waals surface area contributed by atoms with Crippen molar-refractivity contribution in [2.24, 2.45) is 5.73 Å². The molecule has 2 nitrogen and oxygen atoms in total. The average molecular weight is 333 g/mol. The molecule has 1 aliphatic rings. The van der Waals surface area contributed by atoms with Crippen LogP contribution in [-0.2, 0) is 11.3 Å². The normalized spacial score (nSPS) is 18.8. The van der Waals surface area contributed by atoms with Gasteiger partial charge in [-0.25, -0.2) is 0 Å². The van der Waals surface area contributed by atoms with E-state index in [0.717, 1.165) is 27.9 Å². The van der Waals surface area contributed by atoms with Gasteiger partial charge in [-0.15, -0.1) is 0 Å². The molecule has 100 valence electrons. The van der Waals surface area contributed by atoms with E-state index >= 15 is 0 Å². The first kappa shape index (κ1) is 14.3. The molecule has 0 unspecified atom stereocenters. The van der Waals surface area contributed by atoms with Gasteiger partial charge in [0, 0.05) is 15.0 Å². The second kappa shape index (κ2) is 6.38. The lowest BCUT2D eigenvalue weighted by molar-refractivity contribution is 0.0575. The molecule has 1 aromatic carbocycles. The smallest absolute Gasteiger partial charge is 0.0732 e. The maximum atomic E-state index is 6.32. The molecular weight excluding hydrogens is 314 g/mol. The first-order chi connectivity index (χ1) is 8.59. The van der Waals surface area contributed by atoms with Crippen LogP contribution in [0, 0.1) is 0 Å². The highest BCUT2D eigenvalue weighted by Gasteiger charge is 2.27. The third kappa shape index (κ3) is 3.95. The Morgan fingerprint density at radius 3 is 2.67 bits per heavy atom. The SMILES string of the molecule is NC1(COCc2ccc(Br)cc2Cl)CCCCC1. The van der Waals surface area contributed by atoms with Crippen LogP contribution in [0.5, 0.6) is 0 Å². The van der Waals surface area contributed by atoms with Gasteiger partial charge >= 0.3 is 0 Å². The first-order valence-corrected chi connectivity index (χ1v) is 7.57. The standard InChI is InChI=1S/C14H19BrClNO/c15-12-5-4-11(13(16)8-12)9-18-10-14(17)6-2-1-3-7-14/h4-5,8H,1-3,6-7,9-10,17H2. The van der Waals surface area contributed by atoms with Crippen molar-refractivity contribution >= 4 is 27.5 Å². The van der Waals surface area contributed by atoms with Crippen LogP contribution in [0.25, 0.3) is 0 Å². The van der Waals surface area contributed by atoms with Crippen molar-refractivity contribution in [3.05, 3.63) is 33.3 Å². The minimum absolute atomic E-state index is 0.125. The van der Waals surface area contributed by atoms with Crippen LogP contribution >= 0.6 is 27.5 Å². The molecule has 0 aromatic heterocycles. The fourth-order valence-electron chi connectivity index (χ4n) is 2.40. The molecule has 2 N–H and O–H groups in total. The van der Waals surface area contributed by atoms with Crippen LogP contribution in [0.15, 0.2) is 22.7 Å². The molecule has 0 amide bonds. The third-order valence-corrected chi connectivity index (χ3v) is 4.36. The molecule has 0 heterocycles. The fourth-order valence-corrected chi connectivity index (χ4v) is 3.13. The number of nitrogens with two attached hydrogens (primary N) is 1. The maximum Gasteiger partial charge on any atom is 0.0732 e. The minimum Gasteiger partial charge on any atom is -0.375 e. The lowest BCUT2D eigenvalue weighted by atomic mass is 9.83. The van der Waals surface area contributed by atoms with Crippen molar-refractivity contribution in [1.29, 1.82) is 0 Å². The molecule has 0 spiro atoms. The van der Waals surface area contributed by atoms with Crippen LogP contribution in [-0.4, -0.2) is 12.1 Å². The van der Waals surface area contributed by atoms with Gasteiger partial charge in [-0.3, -0.25) is 0 Å². The van der Waals surface area contributed by atoms with Crippen molar-refractivity contribution in [3.8, 4) is 0 Å². The lowest BCUT2D eigenvalue weighted by Crippen LogP contribution is -2.46. The molecule has 18 heavy (non-hydrogen) atoms. The summed E-state index contributed by atoms with van der Waals surface area (Å²) in [6.07, 6.45) is 5.89. The molecule has 0 atom stereocenters. The van der Waals surface area contributed by atoms with Gasteiger partial charge in [0.05, 0.1) is 13.2 Å². The van der Waals surface area contributed by atoms with Crippen LogP contribution in [0.1, 0.15) is 37.7 Å². The molecule has 1 fully saturated rings. The van der Waals surface area contributed by atoms with Gasteiger partial charge in [0.1, 0.15) is 0 Å². The fraction of sp³-hybridized carbons (Fsp3) is 0.571. The van der Waals surface area contributed by atoms with Crippen molar-refractivity contribution < 1.29 is 4.74 Å². The number of rotatable bonds is 4. The zero-order valence-electron chi connectivity index (χ0n) is 10.4. The highest BCUT2D eigenvalue weighted by Crippen LogP contribution is 2.27. The summed E-state index contributed by atoms with van der Waals surface area (Å²) < 4.78 is 6.74. The summed E-state index contributed by atoms with van der Waals surface area (Å²) in [6.45, 7) is 1.16. The topological polar surface area (TPSA) is 35.2 Å². The monoisotopic (exact) mass is 331 g/mol. The summed E-state index contributed by atoms with van der Waals surface area (Å²) in [4.78, 5) is 0. The van der Waals surface area contributed by atoms with E-state index in [1.165, 1.54) is 19.3 Å². The maximum absolute atomic E-state index is 6.32. The number of benzene rings is 1. The van der Waals surface area contributed by atoms with Gasteiger partial charge in [-0.05, 0) is 30.5 Å². The molecular formula is C14H19BrClNO. The Kier molecular flexibility index (Phi) is 5.07. The molecule has 0 radical (unpaired) electrons. The average Bonchev–Trinajstić information content (AvgIpc) is 2.33. The second-order valence-electron chi connectivity index (χ2n) is 5.15. The van der Waals surface area contributed by atoms with Gasteiger partial charge < -0.3 is 10.5 Å². The summed E-state index contributed by atoms with van der Waals surface area (Å²) in [6, 6.07) is 5.85. The number of ether oxygens (including phenoxy) is 1. The molecule has 0 saturated heterocycles. The van der Waals surface area contributed by atoms with E-state index in [1.54, 1.807) is 0 Å². The number of hydrogen-bond donors (Lipinski definition) is 1. The second-order valence-corrected chi connectivity index (χ2v) is 6.47. The zero-order chi connectivity index (χ0) is 13.0.